The van der Waals surface area contributed by atoms with E-state index in [1.54, 1.807) is 0 Å². The van der Waals surface area contributed by atoms with Crippen molar-refractivity contribution in [3.05, 3.63) is 29.8 Å². The molecule has 0 aliphatic carbocycles. The normalized spacial score (nSPS) is 16.0. The first kappa shape index (κ1) is 14.1. The molecule has 0 radical (unpaired) electrons. The van der Waals surface area contributed by atoms with Crippen LogP contribution in [0.3, 0.4) is 0 Å². The van der Waals surface area contributed by atoms with Gasteiger partial charge >= 0.3 is 0 Å². The molecule has 2 aromatic rings. The lowest BCUT2D eigenvalue weighted by atomic mass is 10.1. The summed E-state index contributed by atoms with van der Waals surface area (Å²) in [5.74, 6) is 1.31. The number of benzene rings is 1. The van der Waals surface area contributed by atoms with Crippen molar-refractivity contribution >= 4 is 5.95 Å². The summed E-state index contributed by atoms with van der Waals surface area (Å²) in [7, 11) is 0. The molecule has 5 nitrogen and oxygen atoms in total. The summed E-state index contributed by atoms with van der Waals surface area (Å²) in [5.41, 5.74) is 7.75. The highest BCUT2D eigenvalue weighted by atomic mass is 16.5. The Morgan fingerprint density at radius 1 is 1.05 bits per heavy atom. The number of nitrogens with zero attached hydrogens (tertiary/aromatic N) is 3. The fourth-order valence-corrected chi connectivity index (χ4v) is 2.71. The summed E-state index contributed by atoms with van der Waals surface area (Å²) in [6.07, 6.45) is 5.89. The number of rotatable bonds is 4. The van der Waals surface area contributed by atoms with Crippen molar-refractivity contribution < 1.29 is 4.52 Å². The van der Waals surface area contributed by atoms with Crippen molar-refractivity contribution in [2.45, 2.75) is 32.1 Å². The standard InChI is InChI=1S/C16H22N4O/c17-10-9-13-5-7-14(8-6-13)15-18-16(19-21-15)20-11-3-1-2-4-12-20/h5-8H,1-4,9-12,17H2. The van der Waals surface area contributed by atoms with E-state index in [0.29, 0.717) is 12.4 Å². The molecule has 0 atom stereocenters. The van der Waals surface area contributed by atoms with Crippen molar-refractivity contribution in [2.24, 2.45) is 5.73 Å². The fourth-order valence-electron chi connectivity index (χ4n) is 2.71. The van der Waals surface area contributed by atoms with E-state index in [0.717, 1.165) is 31.0 Å². The van der Waals surface area contributed by atoms with Crippen LogP contribution >= 0.6 is 0 Å². The predicted octanol–water partition coefficient (Wildman–Crippen LogP) is 2.62. The molecule has 0 saturated carbocycles. The minimum absolute atomic E-state index is 0.591. The van der Waals surface area contributed by atoms with Crippen LogP contribution in [0.1, 0.15) is 31.2 Å². The SMILES string of the molecule is NCCc1ccc(-c2nc(N3CCCCCC3)no2)cc1. The molecule has 3 rings (SSSR count). The molecule has 21 heavy (non-hydrogen) atoms. The third-order valence-electron chi connectivity index (χ3n) is 3.94. The summed E-state index contributed by atoms with van der Waals surface area (Å²) in [6.45, 7) is 2.71. The first-order valence-corrected chi connectivity index (χ1v) is 7.75. The Balaban J connectivity index is 1.74. The quantitative estimate of drug-likeness (QED) is 0.935. The van der Waals surface area contributed by atoms with Crippen LogP contribution in [0.25, 0.3) is 11.5 Å². The van der Waals surface area contributed by atoms with Gasteiger partial charge in [0.2, 0.25) is 0 Å². The van der Waals surface area contributed by atoms with Crippen molar-refractivity contribution in [1.82, 2.24) is 10.1 Å². The van der Waals surface area contributed by atoms with Gasteiger partial charge in [-0.25, -0.2) is 0 Å². The van der Waals surface area contributed by atoms with E-state index >= 15 is 0 Å². The Morgan fingerprint density at radius 2 is 1.76 bits per heavy atom. The van der Waals surface area contributed by atoms with Gasteiger partial charge < -0.3 is 15.2 Å². The van der Waals surface area contributed by atoms with Crippen LogP contribution in [0.5, 0.6) is 0 Å². The number of hydrogen-bond donors (Lipinski definition) is 1. The van der Waals surface area contributed by atoms with Crippen LogP contribution in [-0.4, -0.2) is 29.8 Å². The van der Waals surface area contributed by atoms with Crippen LogP contribution in [0.15, 0.2) is 28.8 Å². The minimum Gasteiger partial charge on any atom is -0.338 e. The molecule has 0 spiro atoms. The van der Waals surface area contributed by atoms with Gasteiger partial charge in [0.15, 0.2) is 0 Å². The van der Waals surface area contributed by atoms with Gasteiger partial charge in [-0.15, -0.1) is 0 Å². The molecule has 2 N–H and O–H groups in total. The summed E-state index contributed by atoms with van der Waals surface area (Å²) >= 11 is 0. The second-order valence-electron chi connectivity index (χ2n) is 5.54. The van der Waals surface area contributed by atoms with E-state index in [-0.39, 0.29) is 0 Å². The van der Waals surface area contributed by atoms with E-state index in [9.17, 15) is 0 Å². The maximum Gasteiger partial charge on any atom is 0.266 e. The molecule has 1 aliphatic heterocycles. The predicted molar refractivity (Wildman–Crippen MR) is 83.2 cm³/mol. The van der Waals surface area contributed by atoms with Gasteiger partial charge in [0.05, 0.1) is 0 Å². The molecule has 5 heteroatoms. The summed E-state index contributed by atoms with van der Waals surface area (Å²) in [6, 6.07) is 8.17. The van der Waals surface area contributed by atoms with E-state index in [1.807, 2.05) is 12.1 Å². The lowest BCUT2D eigenvalue weighted by molar-refractivity contribution is 0.429. The zero-order valence-electron chi connectivity index (χ0n) is 12.3. The van der Waals surface area contributed by atoms with Crippen LogP contribution in [-0.2, 0) is 6.42 Å². The minimum atomic E-state index is 0.591. The molecule has 2 heterocycles. The van der Waals surface area contributed by atoms with Crippen LogP contribution < -0.4 is 10.6 Å². The number of nitrogens with two attached hydrogens (primary N) is 1. The van der Waals surface area contributed by atoms with Gasteiger partial charge in [-0.3, -0.25) is 0 Å². The monoisotopic (exact) mass is 286 g/mol. The molecule has 0 amide bonds. The first-order chi connectivity index (χ1) is 10.4. The summed E-state index contributed by atoms with van der Waals surface area (Å²) in [5, 5.41) is 4.14. The Morgan fingerprint density at radius 3 is 2.43 bits per heavy atom. The molecular weight excluding hydrogens is 264 g/mol. The Kier molecular flexibility index (Phi) is 4.50. The highest BCUT2D eigenvalue weighted by Crippen LogP contribution is 2.22. The molecule has 1 aromatic heterocycles. The smallest absolute Gasteiger partial charge is 0.266 e. The third kappa shape index (κ3) is 3.42. The average Bonchev–Trinajstić information content (AvgIpc) is 2.84. The van der Waals surface area contributed by atoms with Crippen molar-refractivity contribution in [1.29, 1.82) is 0 Å². The molecule has 1 aromatic carbocycles. The maximum absolute atomic E-state index is 5.56. The van der Waals surface area contributed by atoms with E-state index in [4.69, 9.17) is 10.3 Å². The van der Waals surface area contributed by atoms with Gasteiger partial charge in [0.1, 0.15) is 0 Å². The number of aromatic nitrogens is 2. The zero-order chi connectivity index (χ0) is 14.5. The lowest BCUT2D eigenvalue weighted by Gasteiger charge is -2.16. The average molecular weight is 286 g/mol. The van der Waals surface area contributed by atoms with E-state index in [2.05, 4.69) is 27.2 Å². The van der Waals surface area contributed by atoms with Gasteiger partial charge in [-0.05, 0) is 48.7 Å². The maximum atomic E-state index is 5.56. The summed E-state index contributed by atoms with van der Waals surface area (Å²) < 4.78 is 5.42. The van der Waals surface area contributed by atoms with Crippen molar-refractivity contribution in [2.75, 3.05) is 24.5 Å². The van der Waals surface area contributed by atoms with Crippen LogP contribution in [0.4, 0.5) is 5.95 Å². The second-order valence-corrected chi connectivity index (χ2v) is 5.54. The first-order valence-electron chi connectivity index (χ1n) is 7.75. The molecule has 1 saturated heterocycles. The van der Waals surface area contributed by atoms with E-state index in [1.165, 1.54) is 31.2 Å². The zero-order valence-corrected chi connectivity index (χ0v) is 12.3. The third-order valence-corrected chi connectivity index (χ3v) is 3.94. The number of hydrogen-bond acceptors (Lipinski definition) is 5. The Bertz CT molecular complexity index is 556. The van der Waals surface area contributed by atoms with Gasteiger partial charge in [-0.2, -0.15) is 4.98 Å². The van der Waals surface area contributed by atoms with Crippen LogP contribution in [0, 0.1) is 0 Å². The second kappa shape index (κ2) is 6.72. The molecule has 1 fully saturated rings. The Hall–Kier alpha value is -1.88. The fraction of sp³-hybridized carbons (Fsp3) is 0.500. The summed E-state index contributed by atoms with van der Waals surface area (Å²) in [4.78, 5) is 6.77. The van der Waals surface area contributed by atoms with E-state index < -0.39 is 0 Å². The topological polar surface area (TPSA) is 68.2 Å². The van der Waals surface area contributed by atoms with Crippen molar-refractivity contribution in [3.8, 4) is 11.5 Å². The molecule has 1 aliphatic rings. The highest BCUT2D eigenvalue weighted by molar-refractivity contribution is 5.55. The van der Waals surface area contributed by atoms with Gasteiger partial charge in [0.25, 0.3) is 11.8 Å². The van der Waals surface area contributed by atoms with Crippen LogP contribution in [0.2, 0.25) is 0 Å². The van der Waals surface area contributed by atoms with Gasteiger partial charge in [0, 0.05) is 18.7 Å². The molecular formula is C16H22N4O. The molecule has 0 unspecified atom stereocenters. The largest absolute Gasteiger partial charge is 0.338 e. The highest BCUT2D eigenvalue weighted by Gasteiger charge is 2.16. The number of anilines is 1. The lowest BCUT2D eigenvalue weighted by Crippen LogP contribution is -2.24. The van der Waals surface area contributed by atoms with Gasteiger partial charge in [-0.1, -0.05) is 25.0 Å². The molecule has 0 bridgehead atoms. The Labute approximate surface area is 125 Å². The molecule has 112 valence electrons. The van der Waals surface area contributed by atoms with Crippen molar-refractivity contribution in [3.63, 3.8) is 0 Å².